The van der Waals surface area contributed by atoms with Crippen molar-refractivity contribution in [1.29, 1.82) is 5.41 Å². The van der Waals surface area contributed by atoms with Crippen LogP contribution >= 0.6 is 0 Å². The molecule has 2 amide bonds. The molecule has 4 N–H and O–H groups in total. The van der Waals surface area contributed by atoms with Crippen molar-refractivity contribution in [2.45, 2.75) is 13.3 Å². The third-order valence-electron chi connectivity index (χ3n) is 3.69. The van der Waals surface area contributed by atoms with Crippen molar-refractivity contribution in [3.63, 3.8) is 0 Å². The number of hydrogen-bond acceptors (Lipinski definition) is 7. The minimum Gasteiger partial charge on any atom is -0.380 e. The van der Waals surface area contributed by atoms with E-state index in [2.05, 4.69) is 16.2 Å². The van der Waals surface area contributed by atoms with Crippen LogP contribution in [0.2, 0.25) is 0 Å². The first-order chi connectivity index (χ1) is 13.0. The average Bonchev–Trinajstić information content (AvgIpc) is 3.19. The molecular formula is C17H22N6O4. The van der Waals surface area contributed by atoms with Gasteiger partial charge in [-0.3, -0.25) is 15.5 Å². The van der Waals surface area contributed by atoms with Gasteiger partial charge in [0.25, 0.3) is 5.69 Å². The van der Waals surface area contributed by atoms with Gasteiger partial charge in [-0.1, -0.05) is 13.0 Å². The van der Waals surface area contributed by atoms with Gasteiger partial charge in [0.05, 0.1) is 22.9 Å². The number of ether oxygens (including phenoxy) is 1. The highest BCUT2D eigenvalue weighted by molar-refractivity contribution is 6.22. The number of amides is 2. The molecule has 27 heavy (non-hydrogen) atoms. The van der Waals surface area contributed by atoms with Crippen LogP contribution in [-0.2, 0) is 4.74 Å². The number of amidine groups is 1. The topological polar surface area (TPSA) is 133 Å². The van der Waals surface area contributed by atoms with Crippen LogP contribution in [0.3, 0.4) is 0 Å². The lowest BCUT2D eigenvalue weighted by molar-refractivity contribution is -0.384. The lowest BCUT2D eigenvalue weighted by atomic mass is 10.1. The number of rotatable bonds is 7. The second-order valence-electron chi connectivity index (χ2n) is 5.62. The number of hydrogen-bond donors (Lipinski definition) is 4. The van der Waals surface area contributed by atoms with E-state index in [0.29, 0.717) is 24.2 Å². The average molecular weight is 374 g/mol. The van der Waals surface area contributed by atoms with Crippen LogP contribution in [0.15, 0.2) is 47.8 Å². The first kappa shape index (κ1) is 19.9. The molecule has 0 saturated carbocycles. The minimum atomic E-state index is -0.550. The van der Waals surface area contributed by atoms with Gasteiger partial charge in [-0.2, -0.15) is 0 Å². The van der Waals surface area contributed by atoms with Crippen LogP contribution < -0.4 is 21.1 Å². The molecule has 0 aliphatic carbocycles. The van der Waals surface area contributed by atoms with E-state index < -0.39 is 11.0 Å². The van der Waals surface area contributed by atoms with Crippen LogP contribution in [0.1, 0.15) is 13.3 Å². The summed E-state index contributed by atoms with van der Waals surface area (Å²) in [5, 5.41) is 22.4. The fourth-order valence-corrected chi connectivity index (χ4v) is 2.42. The summed E-state index contributed by atoms with van der Waals surface area (Å²) < 4.78 is 5.18. The summed E-state index contributed by atoms with van der Waals surface area (Å²) in [6, 6.07) is 5.05. The summed E-state index contributed by atoms with van der Waals surface area (Å²) in [6.45, 7) is 2.38. The second-order valence-corrected chi connectivity index (χ2v) is 5.62. The number of non-ortho nitro benzene ring substituents is 1. The predicted octanol–water partition coefficient (Wildman–Crippen LogP) is 2.02. The Morgan fingerprint density at radius 2 is 2.22 bits per heavy atom. The highest BCUT2D eigenvalue weighted by Crippen LogP contribution is 2.24. The van der Waals surface area contributed by atoms with Crippen LogP contribution in [0.5, 0.6) is 0 Å². The number of nitrogens with zero attached hydrogens (tertiary/aromatic N) is 2. The van der Waals surface area contributed by atoms with Crippen molar-refractivity contribution < 1.29 is 14.5 Å². The van der Waals surface area contributed by atoms with Crippen LogP contribution in [0.25, 0.3) is 0 Å². The van der Waals surface area contributed by atoms with Crippen molar-refractivity contribution in [3.8, 4) is 0 Å². The Labute approximate surface area is 156 Å². The molecule has 0 aromatic heterocycles. The smallest absolute Gasteiger partial charge is 0.327 e. The molecule has 10 nitrogen and oxygen atoms in total. The molecule has 1 aliphatic heterocycles. The molecule has 0 bridgehead atoms. The molecule has 0 spiro atoms. The SMILES string of the molecule is CCCNC(=O)N(C(=N)C(COC)=C1C=CNN1)c1cccc([N+](=O)[O-])c1. The van der Waals surface area contributed by atoms with Crippen molar-refractivity contribution >= 4 is 23.2 Å². The van der Waals surface area contributed by atoms with Gasteiger partial charge in [0, 0.05) is 37.6 Å². The van der Waals surface area contributed by atoms with Gasteiger partial charge in [-0.25, -0.2) is 9.69 Å². The Bertz CT molecular complexity index is 789. The molecule has 10 heteroatoms. The summed E-state index contributed by atoms with van der Waals surface area (Å²) >= 11 is 0. The monoisotopic (exact) mass is 374 g/mol. The fraction of sp³-hybridized carbons (Fsp3) is 0.294. The van der Waals surface area contributed by atoms with Gasteiger partial charge in [0.1, 0.15) is 5.84 Å². The van der Waals surface area contributed by atoms with Crippen LogP contribution in [0, 0.1) is 15.5 Å². The van der Waals surface area contributed by atoms with Gasteiger partial charge >= 0.3 is 6.03 Å². The number of benzene rings is 1. The number of methoxy groups -OCH3 is 1. The molecule has 0 radical (unpaired) electrons. The molecule has 0 saturated heterocycles. The Kier molecular flexibility index (Phi) is 6.89. The summed E-state index contributed by atoms with van der Waals surface area (Å²) in [4.78, 5) is 24.4. The Balaban J connectivity index is 2.48. The Morgan fingerprint density at radius 1 is 1.44 bits per heavy atom. The van der Waals surface area contributed by atoms with Crippen molar-refractivity contribution in [3.05, 3.63) is 57.9 Å². The number of nitrogens with one attached hydrogen (secondary N) is 4. The molecule has 1 aromatic rings. The van der Waals surface area contributed by atoms with E-state index in [4.69, 9.17) is 10.1 Å². The normalized spacial score (nSPS) is 14.1. The molecular weight excluding hydrogens is 352 g/mol. The highest BCUT2D eigenvalue weighted by Gasteiger charge is 2.26. The van der Waals surface area contributed by atoms with E-state index in [1.807, 2.05) is 6.92 Å². The first-order valence-corrected chi connectivity index (χ1v) is 8.31. The largest absolute Gasteiger partial charge is 0.380 e. The lowest BCUT2D eigenvalue weighted by Gasteiger charge is -2.25. The maximum atomic E-state index is 12.7. The summed E-state index contributed by atoms with van der Waals surface area (Å²) in [7, 11) is 1.48. The summed E-state index contributed by atoms with van der Waals surface area (Å²) in [6.07, 6.45) is 4.06. The molecule has 2 rings (SSSR count). The minimum absolute atomic E-state index is 0.0691. The van der Waals surface area contributed by atoms with Gasteiger partial charge < -0.3 is 20.9 Å². The zero-order valence-electron chi connectivity index (χ0n) is 15.1. The third-order valence-corrected chi connectivity index (χ3v) is 3.69. The first-order valence-electron chi connectivity index (χ1n) is 8.31. The molecule has 0 unspecified atom stereocenters. The van der Waals surface area contributed by atoms with E-state index in [9.17, 15) is 14.9 Å². The second kappa shape index (κ2) is 9.34. The number of allylic oxidation sites excluding steroid dienone is 1. The van der Waals surface area contributed by atoms with Crippen molar-refractivity contribution in [1.82, 2.24) is 16.2 Å². The number of nitro benzene ring substituents is 1. The van der Waals surface area contributed by atoms with Gasteiger partial charge in [0.2, 0.25) is 0 Å². The summed E-state index contributed by atoms with van der Waals surface area (Å²) in [5.74, 6) is -0.151. The quantitative estimate of drug-likeness (QED) is 0.250. The molecule has 144 valence electrons. The Hall–Kier alpha value is -3.40. The maximum Gasteiger partial charge on any atom is 0.327 e. The third kappa shape index (κ3) is 4.82. The Morgan fingerprint density at radius 3 is 2.81 bits per heavy atom. The van der Waals surface area contributed by atoms with E-state index in [-0.39, 0.29) is 23.8 Å². The van der Waals surface area contributed by atoms with Crippen LogP contribution in [0.4, 0.5) is 16.2 Å². The highest BCUT2D eigenvalue weighted by atomic mass is 16.6. The summed E-state index contributed by atoms with van der Waals surface area (Å²) in [5.41, 5.74) is 6.68. The zero-order chi connectivity index (χ0) is 19.8. The predicted molar refractivity (Wildman–Crippen MR) is 101 cm³/mol. The van der Waals surface area contributed by atoms with E-state index in [0.717, 1.165) is 4.90 Å². The molecule has 0 fully saturated rings. The number of hydrazine groups is 1. The van der Waals surface area contributed by atoms with E-state index >= 15 is 0 Å². The van der Waals surface area contributed by atoms with Crippen LogP contribution in [-0.4, -0.2) is 37.1 Å². The molecule has 0 atom stereocenters. The van der Waals surface area contributed by atoms with E-state index in [1.54, 1.807) is 18.3 Å². The van der Waals surface area contributed by atoms with Gasteiger partial charge in [0.15, 0.2) is 0 Å². The van der Waals surface area contributed by atoms with Crippen molar-refractivity contribution in [2.24, 2.45) is 0 Å². The number of carbonyl (C=O) groups excluding carboxylic acids is 1. The fourth-order valence-electron chi connectivity index (χ4n) is 2.42. The van der Waals surface area contributed by atoms with Gasteiger partial charge in [-0.05, 0) is 18.6 Å². The molecule has 1 heterocycles. The number of carbonyl (C=O) groups is 1. The van der Waals surface area contributed by atoms with Gasteiger partial charge in [-0.15, -0.1) is 0 Å². The number of urea groups is 1. The zero-order valence-corrected chi connectivity index (χ0v) is 15.1. The lowest BCUT2D eigenvalue weighted by Crippen LogP contribution is -2.45. The number of nitro groups is 1. The number of anilines is 1. The van der Waals surface area contributed by atoms with E-state index in [1.165, 1.54) is 25.3 Å². The standard InChI is InChI=1S/C17H22N6O4/c1-3-8-19-17(24)22(12-5-4-6-13(10-12)23(25)26)16(18)14(11-27-2)15-7-9-20-21-15/h4-7,9-10,18,20-21H,3,8,11H2,1-2H3,(H,19,24). The van der Waals surface area contributed by atoms with Crippen molar-refractivity contribution in [2.75, 3.05) is 25.2 Å². The maximum absolute atomic E-state index is 12.7. The molecule has 1 aromatic carbocycles. The molecule has 1 aliphatic rings.